The molecule has 0 aliphatic carbocycles. The van der Waals surface area contributed by atoms with Crippen molar-refractivity contribution < 1.29 is 0 Å². The summed E-state index contributed by atoms with van der Waals surface area (Å²) in [7, 11) is 6.46. The van der Waals surface area contributed by atoms with Crippen LogP contribution in [0.2, 0.25) is 0 Å². The Kier molecular flexibility index (Phi) is 5.69. The molecule has 4 nitrogen and oxygen atoms in total. The average Bonchev–Trinajstić information content (AvgIpc) is 2.33. The van der Waals surface area contributed by atoms with E-state index in [0.29, 0.717) is 6.04 Å². The Bertz CT molecular complexity index is 195. The van der Waals surface area contributed by atoms with Crippen molar-refractivity contribution >= 4 is 0 Å². The normalized spacial score (nSPS) is 29.6. The van der Waals surface area contributed by atoms with E-state index in [9.17, 15) is 0 Å². The molecule has 1 fully saturated rings. The van der Waals surface area contributed by atoms with Crippen molar-refractivity contribution in [3.63, 3.8) is 0 Å². The molecule has 0 radical (unpaired) electrons. The highest BCUT2D eigenvalue weighted by molar-refractivity contribution is 4.81. The fourth-order valence-corrected chi connectivity index (χ4v) is 2.43. The van der Waals surface area contributed by atoms with E-state index in [1.807, 2.05) is 0 Å². The molecule has 2 unspecified atom stereocenters. The smallest absolute Gasteiger partial charge is 0.0342 e. The standard InChI is InChI=1S/C12H28N4/c1-11-8-15(4)12(7-13)10-16(9-11)6-5-14(2)3/h11-12H,5-10,13H2,1-4H3. The molecule has 16 heavy (non-hydrogen) atoms. The van der Waals surface area contributed by atoms with E-state index in [1.54, 1.807) is 0 Å². The van der Waals surface area contributed by atoms with E-state index >= 15 is 0 Å². The molecule has 96 valence electrons. The van der Waals surface area contributed by atoms with Gasteiger partial charge in [-0.05, 0) is 27.1 Å². The highest BCUT2D eigenvalue weighted by Crippen LogP contribution is 2.11. The number of likely N-dealkylation sites (N-methyl/N-ethyl adjacent to an activating group) is 2. The quantitative estimate of drug-likeness (QED) is 0.720. The van der Waals surface area contributed by atoms with Crippen LogP contribution in [0.15, 0.2) is 0 Å². The minimum Gasteiger partial charge on any atom is -0.329 e. The highest BCUT2D eigenvalue weighted by Gasteiger charge is 2.24. The van der Waals surface area contributed by atoms with Gasteiger partial charge >= 0.3 is 0 Å². The zero-order valence-electron chi connectivity index (χ0n) is 11.3. The van der Waals surface area contributed by atoms with E-state index < -0.39 is 0 Å². The summed E-state index contributed by atoms with van der Waals surface area (Å²) >= 11 is 0. The van der Waals surface area contributed by atoms with Crippen LogP contribution in [0.1, 0.15) is 6.92 Å². The molecule has 0 aromatic rings. The fourth-order valence-electron chi connectivity index (χ4n) is 2.43. The van der Waals surface area contributed by atoms with Gasteiger partial charge in [0.15, 0.2) is 0 Å². The van der Waals surface area contributed by atoms with E-state index in [0.717, 1.165) is 32.1 Å². The molecule has 0 saturated carbocycles. The molecule has 1 aliphatic heterocycles. The summed E-state index contributed by atoms with van der Waals surface area (Å²) in [6.45, 7) is 8.87. The fraction of sp³-hybridized carbons (Fsp3) is 1.00. The highest BCUT2D eigenvalue weighted by atomic mass is 15.3. The molecule has 0 aromatic heterocycles. The summed E-state index contributed by atoms with van der Waals surface area (Å²) in [5.74, 6) is 0.740. The zero-order chi connectivity index (χ0) is 12.1. The van der Waals surface area contributed by atoms with Gasteiger partial charge in [0.25, 0.3) is 0 Å². The summed E-state index contributed by atoms with van der Waals surface area (Å²) in [6.07, 6.45) is 0. The molecule has 2 atom stereocenters. The SMILES string of the molecule is CC1CN(CCN(C)C)CC(CN)N(C)C1. The lowest BCUT2D eigenvalue weighted by Gasteiger charge is -2.28. The van der Waals surface area contributed by atoms with Gasteiger partial charge in [-0.25, -0.2) is 0 Å². The van der Waals surface area contributed by atoms with Crippen molar-refractivity contribution in [1.29, 1.82) is 0 Å². The van der Waals surface area contributed by atoms with Crippen molar-refractivity contribution in [2.45, 2.75) is 13.0 Å². The molecule has 0 bridgehead atoms. The topological polar surface area (TPSA) is 35.7 Å². The molecule has 0 spiro atoms. The number of nitrogens with zero attached hydrogens (tertiary/aromatic N) is 3. The number of rotatable bonds is 4. The molecule has 1 rings (SSSR count). The van der Waals surface area contributed by atoms with Gasteiger partial charge < -0.3 is 20.4 Å². The molecule has 0 aromatic carbocycles. The van der Waals surface area contributed by atoms with Gasteiger partial charge in [-0.3, -0.25) is 0 Å². The summed E-state index contributed by atoms with van der Waals surface area (Å²) in [5.41, 5.74) is 5.85. The van der Waals surface area contributed by atoms with Gasteiger partial charge in [-0.1, -0.05) is 6.92 Å². The first-order valence-corrected chi connectivity index (χ1v) is 6.30. The lowest BCUT2D eigenvalue weighted by molar-refractivity contribution is 0.199. The molecule has 1 saturated heterocycles. The van der Waals surface area contributed by atoms with E-state index in [-0.39, 0.29) is 0 Å². The average molecular weight is 228 g/mol. The lowest BCUT2D eigenvalue weighted by atomic mass is 10.1. The van der Waals surface area contributed by atoms with Gasteiger partial charge in [0, 0.05) is 45.3 Å². The minimum absolute atomic E-state index is 0.520. The third kappa shape index (κ3) is 4.37. The molecular formula is C12H28N4. The minimum atomic E-state index is 0.520. The Balaban J connectivity index is 2.49. The summed E-state index contributed by atoms with van der Waals surface area (Å²) in [6, 6.07) is 0.520. The Hall–Kier alpha value is -0.160. The zero-order valence-corrected chi connectivity index (χ0v) is 11.3. The second-order valence-corrected chi connectivity index (χ2v) is 5.50. The first kappa shape index (κ1) is 13.9. The molecule has 1 heterocycles. The van der Waals surface area contributed by atoms with Crippen LogP contribution in [-0.4, -0.2) is 81.2 Å². The first-order valence-electron chi connectivity index (χ1n) is 6.30. The van der Waals surface area contributed by atoms with Gasteiger partial charge in [0.2, 0.25) is 0 Å². The van der Waals surface area contributed by atoms with Gasteiger partial charge in [0.1, 0.15) is 0 Å². The van der Waals surface area contributed by atoms with Crippen molar-refractivity contribution in [2.24, 2.45) is 11.7 Å². The Labute approximate surface area is 100 Å². The van der Waals surface area contributed by atoms with E-state index in [4.69, 9.17) is 5.73 Å². The molecule has 2 N–H and O–H groups in total. The van der Waals surface area contributed by atoms with Crippen LogP contribution in [0, 0.1) is 5.92 Å². The molecule has 1 aliphatic rings. The van der Waals surface area contributed by atoms with Crippen molar-refractivity contribution in [2.75, 3.05) is 60.4 Å². The van der Waals surface area contributed by atoms with E-state index in [2.05, 4.69) is 42.8 Å². The largest absolute Gasteiger partial charge is 0.329 e. The third-order valence-corrected chi connectivity index (χ3v) is 3.40. The van der Waals surface area contributed by atoms with Crippen LogP contribution >= 0.6 is 0 Å². The first-order chi connectivity index (χ1) is 7.52. The summed E-state index contributed by atoms with van der Waals surface area (Å²) in [5, 5.41) is 0. The molecule has 0 amide bonds. The Morgan fingerprint density at radius 2 is 1.94 bits per heavy atom. The van der Waals surface area contributed by atoms with Crippen LogP contribution < -0.4 is 5.73 Å². The van der Waals surface area contributed by atoms with E-state index in [1.165, 1.54) is 13.1 Å². The van der Waals surface area contributed by atoms with Crippen LogP contribution in [0.5, 0.6) is 0 Å². The van der Waals surface area contributed by atoms with Crippen LogP contribution in [0.3, 0.4) is 0 Å². The predicted octanol–water partition coefficient (Wildman–Crippen LogP) is -0.241. The Morgan fingerprint density at radius 1 is 1.25 bits per heavy atom. The van der Waals surface area contributed by atoms with Crippen LogP contribution in [-0.2, 0) is 0 Å². The number of hydrogen-bond acceptors (Lipinski definition) is 4. The van der Waals surface area contributed by atoms with Crippen LogP contribution in [0.25, 0.3) is 0 Å². The Morgan fingerprint density at radius 3 is 2.50 bits per heavy atom. The number of hydrogen-bond donors (Lipinski definition) is 1. The lowest BCUT2D eigenvalue weighted by Crippen LogP contribution is -2.45. The van der Waals surface area contributed by atoms with Gasteiger partial charge in [-0.15, -0.1) is 0 Å². The van der Waals surface area contributed by atoms with Crippen molar-refractivity contribution in [3.05, 3.63) is 0 Å². The maximum absolute atomic E-state index is 5.85. The van der Waals surface area contributed by atoms with Crippen LogP contribution in [0.4, 0.5) is 0 Å². The molecular weight excluding hydrogens is 200 g/mol. The monoisotopic (exact) mass is 228 g/mol. The number of nitrogens with two attached hydrogens (primary N) is 1. The van der Waals surface area contributed by atoms with Crippen molar-refractivity contribution in [3.8, 4) is 0 Å². The van der Waals surface area contributed by atoms with Gasteiger partial charge in [0.05, 0.1) is 0 Å². The van der Waals surface area contributed by atoms with Gasteiger partial charge in [-0.2, -0.15) is 0 Å². The predicted molar refractivity (Wildman–Crippen MR) is 69.6 cm³/mol. The third-order valence-electron chi connectivity index (χ3n) is 3.40. The second-order valence-electron chi connectivity index (χ2n) is 5.50. The maximum atomic E-state index is 5.85. The van der Waals surface area contributed by atoms with Crippen molar-refractivity contribution in [1.82, 2.24) is 14.7 Å². The second kappa shape index (κ2) is 6.55. The summed E-state index contributed by atoms with van der Waals surface area (Å²) < 4.78 is 0. The summed E-state index contributed by atoms with van der Waals surface area (Å²) in [4.78, 5) is 7.22. The maximum Gasteiger partial charge on any atom is 0.0342 e. The molecule has 4 heteroatoms.